The van der Waals surface area contributed by atoms with Gasteiger partial charge in [0.25, 0.3) is 5.91 Å². The fourth-order valence-corrected chi connectivity index (χ4v) is 3.85. The van der Waals surface area contributed by atoms with Gasteiger partial charge in [-0.25, -0.2) is 4.98 Å². The normalized spacial score (nSPS) is 10.4. The molecule has 0 saturated carbocycles. The topological polar surface area (TPSA) is 71.1 Å². The molecule has 0 saturated heterocycles. The van der Waals surface area contributed by atoms with Crippen LogP contribution in [0.5, 0.6) is 0 Å². The predicted octanol–water partition coefficient (Wildman–Crippen LogP) is 4.98. The third kappa shape index (κ3) is 5.68. The highest BCUT2D eigenvalue weighted by molar-refractivity contribution is 9.10. The molecule has 7 heteroatoms. The van der Waals surface area contributed by atoms with Crippen LogP contribution >= 0.6 is 27.7 Å². The highest BCUT2D eigenvalue weighted by atomic mass is 79.9. The van der Waals surface area contributed by atoms with Crippen molar-refractivity contribution in [1.82, 2.24) is 10.3 Å². The predicted molar refractivity (Wildman–Crippen MR) is 119 cm³/mol. The van der Waals surface area contributed by atoms with Crippen LogP contribution < -0.4 is 10.6 Å². The number of para-hydroxylation sites is 1. The fraction of sp³-hybridized carbons (Fsp3) is 0.136. The molecule has 0 aliphatic rings. The Morgan fingerprint density at radius 2 is 1.69 bits per heavy atom. The number of rotatable bonds is 6. The average molecular weight is 470 g/mol. The largest absolute Gasteiger partial charge is 0.343 e. The second-order valence-corrected chi connectivity index (χ2v) is 8.39. The number of nitrogens with zero attached hydrogens (tertiary/aromatic N) is 1. The van der Waals surface area contributed by atoms with E-state index in [-0.39, 0.29) is 18.4 Å². The summed E-state index contributed by atoms with van der Waals surface area (Å²) in [5.41, 5.74) is 3.16. The first-order valence-electron chi connectivity index (χ1n) is 8.97. The lowest BCUT2D eigenvalue weighted by molar-refractivity contribution is -0.115. The molecule has 2 amide bonds. The van der Waals surface area contributed by atoms with Crippen LogP contribution in [0.4, 0.5) is 5.69 Å². The SMILES string of the molecule is Cc1cccc(C)c1NC(=O)CNC(=O)c1cccnc1Sc1ccc(Br)cc1. The molecule has 3 rings (SSSR count). The lowest BCUT2D eigenvalue weighted by Gasteiger charge is -2.12. The molecular formula is C22H20BrN3O2S. The average Bonchev–Trinajstić information content (AvgIpc) is 2.71. The van der Waals surface area contributed by atoms with E-state index in [9.17, 15) is 9.59 Å². The van der Waals surface area contributed by atoms with Gasteiger partial charge in [0, 0.05) is 21.3 Å². The number of nitrogens with one attached hydrogen (secondary N) is 2. The van der Waals surface area contributed by atoms with Crippen LogP contribution in [-0.4, -0.2) is 23.3 Å². The van der Waals surface area contributed by atoms with Crippen molar-refractivity contribution >= 4 is 45.2 Å². The van der Waals surface area contributed by atoms with Crippen molar-refractivity contribution in [3.63, 3.8) is 0 Å². The molecule has 0 unspecified atom stereocenters. The Balaban J connectivity index is 1.65. The van der Waals surface area contributed by atoms with Crippen molar-refractivity contribution in [2.24, 2.45) is 0 Å². The number of carbonyl (C=O) groups is 2. The molecule has 1 heterocycles. The van der Waals surface area contributed by atoms with Crippen LogP contribution in [0.15, 0.2) is 75.2 Å². The zero-order valence-corrected chi connectivity index (χ0v) is 18.4. The van der Waals surface area contributed by atoms with Gasteiger partial charge in [0.05, 0.1) is 12.1 Å². The number of anilines is 1. The van der Waals surface area contributed by atoms with Gasteiger partial charge in [0.15, 0.2) is 0 Å². The molecule has 0 aliphatic carbocycles. The molecule has 3 aromatic rings. The maximum Gasteiger partial charge on any atom is 0.254 e. The van der Waals surface area contributed by atoms with Crippen molar-refractivity contribution in [2.45, 2.75) is 23.8 Å². The highest BCUT2D eigenvalue weighted by Crippen LogP contribution is 2.29. The van der Waals surface area contributed by atoms with E-state index in [4.69, 9.17) is 0 Å². The Morgan fingerprint density at radius 1 is 1.00 bits per heavy atom. The molecule has 0 aliphatic heterocycles. The van der Waals surface area contributed by atoms with Gasteiger partial charge in [0.1, 0.15) is 5.03 Å². The number of pyridine rings is 1. The maximum absolute atomic E-state index is 12.6. The summed E-state index contributed by atoms with van der Waals surface area (Å²) in [6.07, 6.45) is 1.64. The first-order chi connectivity index (χ1) is 13.9. The molecule has 0 spiro atoms. The standard InChI is InChI=1S/C22H20BrN3O2S/c1-14-5-3-6-15(2)20(14)26-19(27)13-25-21(28)18-7-4-12-24-22(18)29-17-10-8-16(23)9-11-17/h3-12H,13H2,1-2H3,(H,25,28)(H,26,27). The Hall–Kier alpha value is -2.64. The number of aryl methyl sites for hydroxylation is 2. The smallest absolute Gasteiger partial charge is 0.254 e. The molecule has 2 N–H and O–H groups in total. The summed E-state index contributed by atoms with van der Waals surface area (Å²) in [6, 6.07) is 17.0. The molecule has 148 valence electrons. The van der Waals surface area contributed by atoms with Crippen molar-refractivity contribution < 1.29 is 9.59 Å². The first kappa shape index (κ1) is 21.1. The molecular weight excluding hydrogens is 450 g/mol. The van der Waals surface area contributed by atoms with Gasteiger partial charge in [-0.15, -0.1) is 0 Å². The third-order valence-corrected chi connectivity index (χ3v) is 5.75. The van der Waals surface area contributed by atoms with Crippen molar-refractivity contribution in [1.29, 1.82) is 0 Å². The monoisotopic (exact) mass is 469 g/mol. The van der Waals surface area contributed by atoms with Gasteiger partial charge < -0.3 is 10.6 Å². The van der Waals surface area contributed by atoms with Crippen LogP contribution in [0.3, 0.4) is 0 Å². The number of hydrogen-bond acceptors (Lipinski definition) is 4. The van der Waals surface area contributed by atoms with E-state index in [0.29, 0.717) is 10.6 Å². The second-order valence-electron chi connectivity index (χ2n) is 6.41. The van der Waals surface area contributed by atoms with Crippen molar-refractivity contribution in [3.05, 3.63) is 82.0 Å². The van der Waals surface area contributed by atoms with Crippen LogP contribution in [-0.2, 0) is 4.79 Å². The van der Waals surface area contributed by atoms with Gasteiger partial charge in [0.2, 0.25) is 5.91 Å². The van der Waals surface area contributed by atoms with Gasteiger partial charge in [-0.1, -0.05) is 45.9 Å². The van der Waals surface area contributed by atoms with Crippen LogP contribution in [0.25, 0.3) is 0 Å². The van der Waals surface area contributed by atoms with E-state index in [1.807, 2.05) is 56.3 Å². The number of amides is 2. The molecule has 5 nitrogen and oxygen atoms in total. The van der Waals surface area contributed by atoms with Gasteiger partial charge in [-0.3, -0.25) is 9.59 Å². The van der Waals surface area contributed by atoms with Gasteiger partial charge >= 0.3 is 0 Å². The summed E-state index contributed by atoms with van der Waals surface area (Å²) in [5, 5.41) is 6.13. The molecule has 0 bridgehead atoms. The molecule has 29 heavy (non-hydrogen) atoms. The second kappa shape index (κ2) is 9.71. The number of hydrogen-bond donors (Lipinski definition) is 2. The Kier molecular flexibility index (Phi) is 7.06. The van der Waals surface area contributed by atoms with E-state index in [2.05, 4.69) is 31.5 Å². The zero-order chi connectivity index (χ0) is 20.8. The summed E-state index contributed by atoms with van der Waals surface area (Å²) in [5.74, 6) is -0.615. The minimum Gasteiger partial charge on any atom is -0.343 e. The summed E-state index contributed by atoms with van der Waals surface area (Å²) >= 11 is 4.81. The zero-order valence-electron chi connectivity index (χ0n) is 16.0. The molecule has 0 atom stereocenters. The van der Waals surface area contributed by atoms with Crippen LogP contribution in [0, 0.1) is 13.8 Å². The summed E-state index contributed by atoms with van der Waals surface area (Å²) in [6.45, 7) is 3.74. The summed E-state index contributed by atoms with van der Waals surface area (Å²) < 4.78 is 0.982. The Bertz CT molecular complexity index is 1020. The maximum atomic E-state index is 12.6. The first-order valence-corrected chi connectivity index (χ1v) is 10.6. The van der Waals surface area contributed by atoms with Gasteiger partial charge in [-0.05, 0) is 61.4 Å². The van der Waals surface area contributed by atoms with Crippen molar-refractivity contribution in [3.8, 4) is 0 Å². The fourth-order valence-electron chi connectivity index (χ4n) is 2.71. The van der Waals surface area contributed by atoms with E-state index in [1.54, 1.807) is 18.3 Å². The lowest BCUT2D eigenvalue weighted by Crippen LogP contribution is -2.33. The number of benzene rings is 2. The minimum absolute atomic E-state index is 0.121. The molecule has 0 fully saturated rings. The summed E-state index contributed by atoms with van der Waals surface area (Å²) in [7, 11) is 0. The van der Waals surface area contributed by atoms with E-state index >= 15 is 0 Å². The number of halogens is 1. The number of carbonyl (C=O) groups excluding carboxylic acids is 2. The van der Waals surface area contributed by atoms with Crippen molar-refractivity contribution in [2.75, 3.05) is 11.9 Å². The minimum atomic E-state index is -0.339. The third-order valence-electron chi connectivity index (χ3n) is 4.20. The summed E-state index contributed by atoms with van der Waals surface area (Å²) in [4.78, 5) is 30.2. The molecule has 2 aromatic carbocycles. The van der Waals surface area contributed by atoms with Crippen LogP contribution in [0.1, 0.15) is 21.5 Å². The van der Waals surface area contributed by atoms with Gasteiger partial charge in [-0.2, -0.15) is 0 Å². The van der Waals surface area contributed by atoms with Crippen LogP contribution in [0.2, 0.25) is 0 Å². The molecule has 1 aromatic heterocycles. The Labute approximate surface area is 182 Å². The highest BCUT2D eigenvalue weighted by Gasteiger charge is 2.15. The van der Waals surface area contributed by atoms with E-state index < -0.39 is 0 Å². The quantitative estimate of drug-likeness (QED) is 0.533. The number of aromatic nitrogens is 1. The van der Waals surface area contributed by atoms with E-state index in [1.165, 1.54) is 11.8 Å². The Morgan fingerprint density at radius 3 is 2.38 bits per heavy atom. The lowest BCUT2D eigenvalue weighted by atomic mass is 10.1. The van der Waals surface area contributed by atoms with E-state index in [0.717, 1.165) is 26.2 Å². The molecule has 0 radical (unpaired) electrons.